The standard InChI is InChI=1S/C17H34N2/c1-6-18-15-11-13(4)10-14(5)17(15)19-9-7-8-16(19)12(2)3/h12-18H,6-11H2,1-5H3. The van der Waals surface area contributed by atoms with Crippen LogP contribution in [0.5, 0.6) is 0 Å². The molecule has 2 heteroatoms. The highest BCUT2D eigenvalue weighted by Gasteiger charge is 2.41. The Balaban J connectivity index is 2.13. The number of nitrogens with one attached hydrogen (secondary N) is 1. The average molecular weight is 266 g/mol. The Labute approximate surface area is 120 Å². The minimum atomic E-state index is 0.711. The average Bonchev–Trinajstić information content (AvgIpc) is 2.77. The Bertz CT molecular complexity index is 276. The number of likely N-dealkylation sites (tertiary alicyclic amines) is 1. The molecular weight excluding hydrogens is 232 g/mol. The zero-order valence-corrected chi connectivity index (χ0v) is 13.7. The lowest BCUT2D eigenvalue weighted by atomic mass is 9.75. The predicted molar refractivity (Wildman–Crippen MR) is 83.4 cm³/mol. The van der Waals surface area contributed by atoms with Crippen LogP contribution in [0, 0.1) is 17.8 Å². The minimum Gasteiger partial charge on any atom is -0.313 e. The SMILES string of the molecule is CCNC1CC(C)CC(C)C1N1CCCC1C(C)C. The molecule has 2 rings (SSSR count). The lowest BCUT2D eigenvalue weighted by Crippen LogP contribution is -2.58. The molecule has 5 atom stereocenters. The van der Waals surface area contributed by atoms with E-state index in [1.807, 2.05) is 0 Å². The molecule has 1 aliphatic carbocycles. The number of hydrogen-bond acceptors (Lipinski definition) is 2. The van der Waals surface area contributed by atoms with Gasteiger partial charge in [0.05, 0.1) is 0 Å². The van der Waals surface area contributed by atoms with E-state index in [2.05, 4.69) is 44.8 Å². The largest absolute Gasteiger partial charge is 0.313 e. The summed E-state index contributed by atoms with van der Waals surface area (Å²) in [6.07, 6.45) is 5.59. The van der Waals surface area contributed by atoms with Crippen LogP contribution >= 0.6 is 0 Å². The fourth-order valence-electron chi connectivity index (χ4n) is 4.77. The van der Waals surface area contributed by atoms with Crippen molar-refractivity contribution in [2.24, 2.45) is 17.8 Å². The summed E-state index contributed by atoms with van der Waals surface area (Å²) in [4.78, 5) is 2.87. The van der Waals surface area contributed by atoms with Gasteiger partial charge >= 0.3 is 0 Å². The van der Waals surface area contributed by atoms with Crippen LogP contribution in [-0.2, 0) is 0 Å². The highest BCUT2D eigenvalue weighted by molar-refractivity contribution is 4.98. The van der Waals surface area contributed by atoms with E-state index in [1.54, 1.807) is 0 Å². The van der Waals surface area contributed by atoms with Gasteiger partial charge in [-0.1, -0.05) is 34.6 Å². The van der Waals surface area contributed by atoms with Crippen molar-refractivity contribution in [1.82, 2.24) is 10.2 Å². The van der Waals surface area contributed by atoms with E-state index in [0.717, 1.165) is 36.4 Å². The lowest BCUT2D eigenvalue weighted by molar-refractivity contribution is 0.0397. The molecule has 0 bridgehead atoms. The van der Waals surface area contributed by atoms with E-state index in [1.165, 1.54) is 32.2 Å². The van der Waals surface area contributed by atoms with Crippen molar-refractivity contribution in [2.45, 2.75) is 78.4 Å². The summed E-state index contributed by atoms with van der Waals surface area (Å²) < 4.78 is 0. The number of nitrogens with zero attached hydrogens (tertiary/aromatic N) is 1. The van der Waals surface area contributed by atoms with Crippen molar-refractivity contribution in [3.05, 3.63) is 0 Å². The second-order valence-corrected chi connectivity index (χ2v) is 7.40. The topological polar surface area (TPSA) is 15.3 Å². The smallest absolute Gasteiger partial charge is 0.0278 e. The van der Waals surface area contributed by atoms with Crippen LogP contribution in [0.25, 0.3) is 0 Å². The molecule has 2 fully saturated rings. The monoisotopic (exact) mass is 266 g/mol. The fourth-order valence-corrected chi connectivity index (χ4v) is 4.77. The molecule has 2 aliphatic rings. The van der Waals surface area contributed by atoms with E-state index in [0.29, 0.717) is 6.04 Å². The molecule has 0 spiro atoms. The quantitative estimate of drug-likeness (QED) is 0.837. The number of hydrogen-bond donors (Lipinski definition) is 1. The number of likely N-dealkylation sites (N-methyl/N-ethyl adjacent to an activating group) is 1. The maximum absolute atomic E-state index is 3.79. The maximum atomic E-state index is 3.79. The molecule has 5 unspecified atom stereocenters. The van der Waals surface area contributed by atoms with Gasteiger partial charge in [-0.05, 0) is 56.5 Å². The van der Waals surface area contributed by atoms with Crippen LogP contribution in [-0.4, -0.2) is 36.1 Å². The molecule has 1 saturated carbocycles. The van der Waals surface area contributed by atoms with Gasteiger partial charge in [0.25, 0.3) is 0 Å². The molecule has 1 saturated heterocycles. The molecule has 0 aromatic carbocycles. The Morgan fingerprint density at radius 3 is 2.58 bits per heavy atom. The normalized spacial score (nSPS) is 41.1. The van der Waals surface area contributed by atoms with Gasteiger partial charge in [0.2, 0.25) is 0 Å². The second kappa shape index (κ2) is 6.58. The van der Waals surface area contributed by atoms with Gasteiger partial charge in [-0.15, -0.1) is 0 Å². The van der Waals surface area contributed by atoms with E-state index >= 15 is 0 Å². The summed E-state index contributed by atoms with van der Waals surface area (Å²) in [6, 6.07) is 2.30. The maximum Gasteiger partial charge on any atom is 0.0278 e. The Kier molecular flexibility index (Phi) is 5.30. The fraction of sp³-hybridized carbons (Fsp3) is 1.00. The van der Waals surface area contributed by atoms with Crippen molar-refractivity contribution < 1.29 is 0 Å². The van der Waals surface area contributed by atoms with Gasteiger partial charge in [-0.25, -0.2) is 0 Å². The lowest BCUT2D eigenvalue weighted by Gasteiger charge is -2.47. The Morgan fingerprint density at radius 2 is 1.95 bits per heavy atom. The second-order valence-electron chi connectivity index (χ2n) is 7.40. The van der Waals surface area contributed by atoms with Crippen LogP contribution in [0.15, 0.2) is 0 Å². The zero-order chi connectivity index (χ0) is 14.0. The molecule has 0 aromatic rings. The third kappa shape index (κ3) is 3.33. The van der Waals surface area contributed by atoms with E-state index in [4.69, 9.17) is 0 Å². The van der Waals surface area contributed by atoms with Gasteiger partial charge in [-0.3, -0.25) is 4.90 Å². The Morgan fingerprint density at radius 1 is 1.21 bits per heavy atom. The van der Waals surface area contributed by atoms with Crippen molar-refractivity contribution in [3.63, 3.8) is 0 Å². The van der Waals surface area contributed by atoms with E-state index in [9.17, 15) is 0 Å². The summed E-state index contributed by atoms with van der Waals surface area (Å²) in [7, 11) is 0. The molecule has 1 N–H and O–H groups in total. The van der Waals surface area contributed by atoms with Crippen molar-refractivity contribution in [3.8, 4) is 0 Å². The molecular formula is C17H34N2. The molecule has 0 amide bonds. The minimum absolute atomic E-state index is 0.711. The summed E-state index contributed by atoms with van der Waals surface area (Å²) in [6.45, 7) is 14.4. The highest BCUT2D eigenvalue weighted by atomic mass is 15.2. The molecule has 1 heterocycles. The summed E-state index contributed by atoms with van der Waals surface area (Å²) >= 11 is 0. The first-order valence-corrected chi connectivity index (χ1v) is 8.53. The summed E-state index contributed by atoms with van der Waals surface area (Å²) in [5.41, 5.74) is 0. The first kappa shape index (κ1) is 15.3. The summed E-state index contributed by atoms with van der Waals surface area (Å²) in [5.74, 6) is 2.53. The van der Waals surface area contributed by atoms with Crippen LogP contribution in [0.4, 0.5) is 0 Å². The number of rotatable bonds is 4. The molecule has 0 radical (unpaired) electrons. The molecule has 1 aliphatic heterocycles. The van der Waals surface area contributed by atoms with Gasteiger partial charge in [0, 0.05) is 18.1 Å². The van der Waals surface area contributed by atoms with Gasteiger partial charge in [0.15, 0.2) is 0 Å². The molecule has 19 heavy (non-hydrogen) atoms. The van der Waals surface area contributed by atoms with E-state index < -0.39 is 0 Å². The van der Waals surface area contributed by atoms with Crippen molar-refractivity contribution in [2.75, 3.05) is 13.1 Å². The van der Waals surface area contributed by atoms with Gasteiger partial charge in [0.1, 0.15) is 0 Å². The van der Waals surface area contributed by atoms with Crippen molar-refractivity contribution >= 4 is 0 Å². The molecule has 0 aromatic heterocycles. The highest BCUT2D eigenvalue weighted by Crippen LogP contribution is 2.37. The van der Waals surface area contributed by atoms with E-state index in [-0.39, 0.29) is 0 Å². The molecule has 2 nitrogen and oxygen atoms in total. The van der Waals surface area contributed by atoms with Crippen molar-refractivity contribution in [1.29, 1.82) is 0 Å². The predicted octanol–water partition coefficient (Wildman–Crippen LogP) is 3.52. The first-order valence-electron chi connectivity index (χ1n) is 8.53. The van der Waals surface area contributed by atoms with Crippen LogP contribution in [0.2, 0.25) is 0 Å². The van der Waals surface area contributed by atoms with Crippen LogP contribution < -0.4 is 5.32 Å². The first-order chi connectivity index (χ1) is 9.04. The van der Waals surface area contributed by atoms with Crippen LogP contribution in [0.3, 0.4) is 0 Å². The third-order valence-corrected chi connectivity index (χ3v) is 5.39. The van der Waals surface area contributed by atoms with Crippen LogP contribution in [0.1, 0.15) is 60.3 Å². The zero-order valence-electron chi connectivity index (χ0n) is 13.7. The molecule has 112 valence electrons. The summed E-state index contributed by atoms with van der Waals surface area (Å²) in [5, 5.41) is 3.79. The van der Waals surface area contributed by atoms with Gasteiger partial charge in [-0.2, -0.15) is 0 Å². The Hall–Kier alpha value is -0.0800. The third-order valence-electron chi connectivity index (χ3n) is 5.39. The van der Waals surface area contributed by atoms with Gasteiger partial charge < -0.3 is 5.32 Å².